The molecule has 0 saturated carbocycles. The van der Waals surface area contributed by atoms with Crippen LogP contribution >= 0.6 is 11.3 Å². The zero-order chi connectivity index (χ0) is 50.4. The minimum absolute atomic E-state index is 0.893. The minimum Gasteiger partial charge on any atom is -0.455 e. The highest BCUT2D eigenvalue weighted by Crippen LogP contribution is 2.44. The first-order valence-electron chi connectivity index (χ1n) is 25.6. The first-order valence-corrected chi connectivity index (χ1v) is 26.4. The van der Waals surface area contributed by atoms with E-state index in [0.717, 1.165) is 143 Å². The molecule has 5 heteroatoms. The maximum absolute atomic E-state index is 6.45. The summed E-state index contributed by atoms with van der Waals surface area (Å²) in [5, 5.41) is 3.20. The van der Waals surface area contributed by atoms with Gasteiger partial charge in [0.15, 0.2) is 0 Å². The zero-order valence-electron chi connectivity index (χ0n) is 41.1. The fourth-order valence-electron chi connectivity index (χ4n) is 10.6. The largest absolute Gasteiger partial charge is 0.455 e. The smallest absolute Gasteiger partial charge is 0.143 e. The van der Waals surface area contributed by atoms with Crippen molar-refractivity contribution in [2.24, 2.45) is 0 Å². The molecule has 0 aliphatic carbocycles. The number of rotatable bonds is 10. The highest BCUT2D eigenvalue weighted by molar-refractivity contribution is 7.22. The Labute approximate surface area is 444 Å². The van der Waals surface area contributed by atoms with Crippen LogP contribution in [-0.2, 0) is 0 Å². The molecule has 0 atom stereocenters. The van der Waals surface area contributed by atoms with Crippen molar-refractivity contribution in [1.82, 2.24) is 15.0 Å². The molecular formula is C71H45N3OS. The molecule has 0 unspecified atom stereocenters. The Hall–Kier alpha value is -9.81. The lowest BCUT2D eigenvalue weighted by Gasteiger charge is -2.14. The van der Waals surface area contributed by atoms with Crippen molar-refractivity contribution >= 4 is 43.5 Å². The van der Waals surface area contributed by atoms with Crippen LogP contribution in [-0.4, -0.2) is 15.0 Å². The summed E-state index contributed by atoms with van der Waals surface area (Å²) in [4.78, 5) is 16.1. The van der Waals surface area contributed by atoms with Crippen molar-refractivity contribution in [3.05, 3.63) is 273 Å². The van der Waals surface area contributed by atoms with E-state index in [9.17, 15) is 0 Å². The van der Waals surface area contributed by atoms with Crippen molar-refractivity contribution in [2.75, 3.05) is 0 Å². The Bertz CT molecular complexity index is 4190. The SMILES string of the molecule is c1ccc(-c2ccc(-c3ccc(-c4ccc(-c5ccc(-c6ccc(-c7ccccc7)nc6-c6ccccc6)cc5)c5sc(-c6ccc(-c7cccc8c7oc7ccccc78)cc6)nc45)cc3)c(-c3ccccc3)n2)cc1. The quantitative estimate of drug-likeness (QED) is 0.137. The van der Waals surface area contributed by atoms with Gasteiger partial charge in [-0.15, -0.1) is 11.3 Å². The van der Waals surface area contributed by atoms with Crippen LogP contribution < -0.4 is 0 Å². The molecule has 4 aromatic heterocycles. The zero-order valence-corrected chi connectivity index (χ0v) is 42.0. The second-order valence-corrected chi connectivity index (χ2v) is 20.0. The average Bonchev–Trinajstić information content (AvgIpc) is 4.15. The fourth-order valence-corrected chi connectivity index (χ4v) is 11.7. The van der Waals surface area contributed by atoms with Gasteiger partial charge in [0.05, 0.1) is 33.0 Å². The van der Waals surface area contributed by atoms with E-state index in [-0.39, 0.29) is 0 Å². The first-order chi connectivity index (χ1) is 37.7. The molecule has 0 amide bonds. The molecule has 0 aliphatic rings. The third kappa shape index (κ3) is 8.26. The maximum Gasteiger partial charge on any atom is 0.143 e. The Balaban J connectivity index is 0.860. The van der Waals surface area contributed by atoms with Crippen LogP contribution in [0.3, 0.4) is 0 Å². The van der Waals surface area contributed by atoms with Crippen LogP contribution in [0.1, 0.15) is 0 Å². The van der Waals surface area contributed by atoms with E-state index in [0.29, 0.717) is 0 Å². The van der Waals surface area contributed by atoms with Crippen molar-refractivity contribution in [1.29, 1.82) is 0 Å². The van der Waals surface area contributed by atoms with Gasteiger partial charge in [0.2, 0.25) is 0 Å². The standard InChI is InChI=1S/C71H45N3OS/c1-5-16-51(17-6-1)63-44-42-56(66(72-63)53-20-9-3-10-21-53)46-28-30-48(31-29-46)58-40-41-60(50-34-32-47(33-35-50)57-43-45-64(52-18-7-2-8-19-52)73-67(57)54-22-11-4-12-23-54)70-68(58)74-71(76-70)55-38-36-49(37-39-55)59-25-15-26-62-61-24-13-14-27-65(61)75-69(59)62/h1-45H. The molecule has 0 bridgehead atoms. The summed E-state index contributed by atoms with van der Waals surface area (Å²) >= 11 is 1.74. The van der Waals surface area contributed by atoms with Crippen molar-refractivity contribution < 1.29 is 4.42 Å². The predicted octanol–water partition coefficient (Wildman–Crippen LogP) is 19.7. The topological polar surface area (TPSA) is 51.8 Å². The van der Waals surface area contributed by atoms with Crippen LogP contribution in [0.15, 0.2) is 277 Å². The Morgan fingerprint density at radius 2 is 0.671 bits per heavy atom. The maximum atomic E-state index is 6.45. The van der Waals surface area contributed by atoms with Crippen molar-refractivity contribution in [3.63, 3.8) is 0 Å². The average molecular weight is 988 g/mol. The summed E-state index contributed by atoms with van der Waals surface area (Å²) in [6.07, 6.45) is 0. The van der Waals surface area contributed by atoms with Gasteiger partial charge in [-0.1, -0.05) is 255 Å². The number of hydrogen-bond acceptors (Lipinski definition) is 5. The van der Waals surface area contributed by atoms with E-state index in [1.165, 1.54) is 0 Å². The summed E-state index contributed by atoms with van der Waals surface area (Å²) in [5.74, 6) is 0. The molecule has 76 heavy (non-hydrogen) atoms. The molecule has 0 fully saturated rings. The predicted molar refractivity (Wildman–Crippen MR) is 317 cm³/mol. The van der Waals surface area contributed by atoms with E-state index in [2.05, 4.69) is 249 Å². The van der Waals surface area contributed by atoms with Gasteiger partial charge in [0, 0.05) is 66.4 Å². The first kappa shape index (κ1) is 44.9. The lowest BCUT2D eigenvalue weighted by Crippen LogP contribution is -1.93. The summed E-state index contributed by atoms with van der Waals surface area (Å²) < 4.78 is 7.58. The summed E-state index contributed by atoms with van der Waals surface area (Å²) in [7, 11) is 0. The Morgan fingerprint density at radius 3 is 1.21 bits per heavy atom. The van der Waals surface area contributed by atoms with Crippen molar-refractivity contribution in [3.8, 4) is 111 Å². The normalized spacial score (nSPS) is 11.4. The molecule has 0 N–H and O–H groups in total. The van der Waals surface area contributed by atoms with Gasteiger partial charge in [-0.2, -0.15) is 0 Å². The summed E-state index contributed by atoms with van der Waals surface area (Å²) in [6, 6.07) is 96.2. The van der Waals surface area contributed by atoms with Gasteiger partial charge < -0.3 is 4.42 Å². The third-order valence-corrected chi connectivity index (χ3v) is 15.6. The molecule has 14 rings (SSSR count). The number of furan rings is 1. The second-order valence-electron chi connectivity index (χ2n) is 19.0. The number of thiazole rings is 1. The molecule has 10 aromatic carbocycles. The van der Waals surface area contributed by atoms with Gasteiger partial charge in [0.25, 0.3) is 0 Å². The fraction of sp³-hybridized carbons (Fsp3) is 0. The van der Waals surface area contributed by atoms with Crippen molar-refractivity contribution in [2.45, 2.75) is 0 Å². The molecular weight excluding hydrogens is 943 g/mol. The number of para-hydroxylation sites is 2. The molecule has 4 nitrogen and oxygen atoms in total. The highest BCUT2D eigenvalue weighted by Gasteiger charge is 2.20. The highest BCUT2D eigenvalue weighted by atomic mass is 32.1. The van der Waals surface area contributed by atoms with Gasteiger partial charge in [0.1, 0.15) is 16.2 Å². The van der Waals surface area contributed by atoms with E-state index < -0.39 is 0 Å². The Morgan fingerprint density at radius 1 is 0.263 bits per heavy atom. The van der Waals surface area contributed by atoms with E-state index >= 15 is 0 Å². The van der Waals surface area contributed by atoms with Crippen LogP contribution in [0.25, 0.3) is 143 Å². The van der Waals surface area contributed by atoms with Crippen LogP contribution in [0.2, 0.25) is 0 Å². The summed E-state index contributed by atoms with van der Waals surface area (Å²) in [6.45, 7) is 0. The molecule has 0 saturated heterocycles. The van der Waals surface area contributed by atoms with Crippen LogP contribution in [0.5, 0.6) is 0 Å². The van der Waals surface area contributed by atoms with Crippen LogP contribution in [0, 0.1) is 0 Å². The molecule has 0 radical (unpaired) electrons. The number of hydrogen-bond donors (Lipinski definition) is 0. The number of pyridine rings is 2. The van der Waals surface area contributed by atoms with E-state index in [4.69, 9.17) is 19.4 Å². The lowest BCUT2D eigenvalue weighted by atomic mass is 9.94. The number of nitrogens with zero attached hydrogens (tertiary/aromatic N) is 3. The van der Waals surface area contributed by atoms with Gasteiger partial charge >= 0.3 is 0 Å². The number of fused-ring (bicyclic) bond motifs is 4. The van der Waals surface area contributed by atoms with Gasteiger partial charge in [-0.3, -0.25) is 0 Å². The molecule has 356 valence electrons. The van der Waals surface area contributed by atoms with E-state index in [1.807, 2.05) is 24.3 Å². The van der Waals surface area contributed by atoms with Gasteiger partial charge in [-0.25, -0.2) is 15.0 Å². The molecule has 0 spiro atoms. The minimum atomic E-state index is 0.893. The molecule has 14 aromatic rings. The monoisotopic (exact) mass is 987 g/mol. The number of aromatic nitrogens is 3. The second kappa shape index (κ2) is 19.2. The van der Waals surface area contributed by atoms with Crippen LogP contribution in [0.4, 0.5) is 0 Å². The molecule has 4 heterocycles. The third-order valence-electron chi connectivity index (χ3n) is 14.4. The lowest BCUT2D eigenvalue weighted by molar-refractivity contribution is 0.670. The van der Waals surface area contributed by atoms with E-state index in [1.54, 1.807) is 11.3 Å². The molecule has 0 aliphatic heterocycles. The number of benzene rings is 10. The summed E-state index contributed by atoms with van der Waals surface area (Å²) in [5.41, 5.74) is 22.9. The van der Waals surface area contributed by atoms with Gasteiger partial charge in [-0.05, 0) is 46.0 Å². The Kier molecular flexibility index (Phi) is 11.3.